The molecule has 1 heterocycles. The van der Waals surface area contributed by atoms with Gasteiger partial charge in [0.1, 0.15) is 0 Å². The van der Waals surface area contributed by atoms with Gasteiger partial charge in [-0.15, -0.1) is 0 Å². The molecular formula is C9H17N3O2S. The Balaban J connectivity index is 2.23. The van der Waals surface area contributed by atoms with Gasteiger partial charge >= 0.3 is 0 Å². The van der Waals surface area contributed by atoms with E-state index >= 15 is 0 Å². The largest absolute Gasteiger partial charge is 0.312 e. The summed E-state index contributed by atoms with van der Waals surface area (Å²) in [5.41, 5.74) is 1.06. The Hall–Kier alpha value is -0.880. The van der Waals surface area contributed by atoms with Gasteiger partial charge in [-0.25, -0.2) is 8.42 Å². The Labute approximate surface area is 90.4 Å². The number of sulfone groups is 1. The number of aromatic nitrogens is 2. The molecule has 0 aliphatic carbocycles. The monoisotopic (exact) mass is 231 g/mol. The highest BCUT2D eigenvalue weighted by Gasteiger charge is 2.05. The highest BCUT2D eigenvalue weighted by atomic mass is 32.2. The molecule has 0 bridgehead atoms. The molecule has 0 aromatic carbocycles. The fourth-order valence-corrected chi connectivity index (χ4v) is 1.91. The number of aryl methyl sites for hydroxylation is 1. The van der Waals surface area contributed by atoms with E-state index in [1.807, 2.05) is 13.2 Å². The van der Waals surface area contributed by atoms with Crippen LogP contribution >= 0.6 is 0 Å². The highest BCUT2D eigenvalue weighted by molar-refractivity contribution is 7.91. The number of hydrogen-bond acceptors (Lipinski definition) is 4. The van der Waals surface area contributed by atoms with E-state index in [1.165, 1.54) is 0 Å². The minimum atomic E-state index is -2.85. The van der Waals surface area contributed by atoms with Crippen LogP contribution in [0, 0.1) is 0 Å². The molecule has 1 aromatic heterocycles. The Morgan fingerprint density at radius 3 is 2.80 bits per heavy atom. The molecule has 1 N–H and O–H groups in total. The standard InChI is InChI=1S/C9H17N3O2S/c1-3-15(13,14)5-4-10-6-9-7-11-12(2)8-9/h7-8,10H,3-6H2,1-2H3. The SMILES string of the molecule is CCS(=O)(=O)CCNCc1cnn(C)c1. The molecule has 0 saturated carbocycles. The topological polar surface area (TPSA) is 64.0 Å². The van der Waals surface area contributed by atoms with Gasteiger partial charge in [-0.05, 0) is 0 Å². The van der Waals surface area contributed by atoms with Crippen LogP contribution in [-0.4, -0.2) is 36.2 Å². The maximum absolute atomic E-state index is 11.2. The van der Waals surface area contributed by atoms with Crippen LogP contribution in [0.15, 0.2) is 12.4 Å². The van der Waals surface area contributed by atoms with E-state index in [2.05, 4.69) is 10.4 Å². The number of rotatable bonds is 6. The minimum Gasteiger partial charge on any atom is -0.312 e. The first-order chi connectivity index (χ1) is 7.03. The molecule has 86 valence electrons. The molecule has 0 fully saturated rings. The van der Waals surface area contributed by atoms with Crippen LogP contribution in [0.25, 0.3) is 0 Å². The Kier molecular flexibility index (Phi) is 4.28. The summed E-state index contributed by atoms with van der Waals surface area (Å²) in [5, 5.41) is 7.09. The third-order valence-electron chi connectivity index (χ3n) is 2.12. The lowest BCUT2D eigenvalue weighted by atomic mass is 10.3. The van der Waals surface area contributed by atoms with Crippen LogP contribution in [0.2, 0.25) is 0 Å². The molecule has 1 rings (SSSR count). The average Bonchev–Trinajstić information content (AvgIpc) is 2.59. The van der Waals surface area contributed by atoms with Gasteiger partial charge in [0.05, 0.1) is 11.9 Å². The molecule has 0 spiro atoms. The van der Waals surface area contributed by atoms with Crippen LogP contribution in [0.4, 0.5) is 0 Å². The summed E-state index contributed by atoms with van der Waals surface area (Å²) >= 11 is 0. The molecule has 6 heteroatoms. The van der Waals surface area contributed by atoms with Crippen molar-refractivity contribution in [1.82, 2.24) is 15.1 Å². The van der Waals surface area contributed by atoms with Gasteiger partial charge in [-0.1, -0.05) is 6.92 Å². The smallest absolute Gasteiger partial charge is 0.151 e. The highest BCUT2D eigenvalue weighted by Crippen LogP contribution is 1.95. The first-order valence-corrected chi connectivity index (χ1v) is 6.74. The predicted octanol–water partition coefficient (Wildman–Crippen LogP) is -0.0556. The molecule has 0 atom stereocenters. The van der Waals surface area contributed by atoms with Crippen molar-refractivity contribution >= 4 is 9.84 Å². The molecule has 1 aromatic rings. The predicted molar refractivity (Wildman–Crippen MR) is 59.2 cm³/mol. The Morgan fingerprint density at radius 2 is 2.27 bits per heavy atom. The summed E-state index contributed by atoms with van der Waals surface area (Å²) in [6, 6.07) is 0. The maximum atomic E-state index is 11.2. The lowest BCUT2D eigenvalue weighted by molar-refractivity contribution is 0.592. The van der Waals surface area contributed by atoms with Gasteiger partial charge in [-0.3, -0.25) is 4.68 Å². The second kappa shape index (κ2) is 5.27. The Morgan fingerprint density at radius 1 is 1.53 bits per heavy atom. The van der Waals surface area contributed by atoms with Crippen molar-refractivity contribution in [1.29, 1.82) is 0 Å². The molecule has 0 unspecified atom stereocenters. The van der Waals surface area contributed by atoms with Crippen LogP contribution in [0.1, 0.15) is 12.5 Å². The van der Waals surface area contributed by atoms with E-state index in [1.54, 1.807) is 17.8 Å². The number of nitrogens with one attached hydrogen (secondary N) is 1. The molecular weight excluding hydrogens is 214 g/mol. The zero-order valence-corrected chi connectivity index (χ0v) is 9.92. The summed E-state index contributed by atoms with van der Waals surface area (Å²) in [6.07, 6.45) is 3.67. The first kappa shape index (κ1) is 12.2. The molecule has 5 nitrogen and oxygen atoms in total. The number of hydrogen-bond donors (Lipinski definition) is 1. The van der Waals surface area contributed by atoms with Gasteiger partial charge in [0, 0.05) is 37.7 Å². The second-order valence-corrected chi connectivity index (χ2v) is 5.91. The van der Waals surface area contributed by atoms with E-state index in [0.717, 1.165) is 5.56 Å². The van der Waals surface area contributed by atoms with Crippen molar-refractivity contribution in [2.45, 2.75) is 13.5 Å². The fourth-order valence-electron chi connectivity index (χ4n) is 1.17. The summed E-state index contributed by atoms with van der Waals surface area (Å²) in [7, 11) is -1.000. The lowest BCUT2D eigenvalue weighted by Crippen LogP contribution is -2.23. The third kappa shape index (κ3) is 4.44. The van der Waals surface area contributed by atoms with Crippen LogP contribution in [0.5, 0.6) is 0 Å². The van der Waals surface area contributed by atoms with Gasteiger partial charge < -0.3 is 5.32 Å². The van der Waals surface area contributed by atoms with Gasteiger partial charge in [0.15, 0.2) is 9.84 Å². The second-order valence-electron chi connectivity index (χ2n) is 3.44. The van der Waals surface area contributed by atoms with Gasteiger partial charge in [0.2, 0.25) is 0 Å². The normalized spacial score (nSPS) is 11.9. The van der Waals surface area contributed by atoms with Gasteiger partial charge in [0.25, 0.3) is 0 Å². The molecule has 0 radical (unpaired) electrons. The van der Waals surface area contributed by atoms with Crippen molar-refractivity contribution in [3.05, 3.63) is 18.0 Å². The van der Waals surface area contributed by atoms with Crippen LogP contribution in [-0.2, 0) is 23.4 Å². The van der Waals surface area contributed by atoms with E-state index < -0.39 is 9.84 Å². The summed E-state index contributed by atoms with van der Waals surface area (Å²) in [4.78, 5) is 0. The van der Waals surface area contributed by atoms with E-state index in [9.17, 15) is 8.42 Å². The quantitative estimate of drug-likeness (QED) is 0.697. The summed E-state index contributed by atoms with van der Waals surface area (Å²) in [6.45, 7) is 2.81. The summed E-state index contributed by atoms with van der Waals surface area (Å²) in [5.74, 6) is 0.408. The zero-order chi connectivity index (χ0) is 11.3. The average molecular weight is 231 g/mol. The van der Waals surface area contributed by atoms with Crippen LogP contribution < -0.4 is 5.32 Å². The first-order valence-electron chi connectivity index (χ1n) is 4.92. The molecule has 15 heavy (non-hydrogen) atoms. The lowest BCUT2D eigenvalue weighted by Gasteiger charge is -2.02. The third-order valence-corrected chi connectivity index (χ3v) is 3.82. The molecule has 0 aliphatic rings. The number of nitrogens with zero attached hydrogens (tertiary/aromatic N) is 2. The molecule has 0 saturated heterocycles. The van der Waals surface area contributed by atoms with Crippen molar-refractivity contribution in [2.24, 2.45) is 7.05 Å². The zero-order valence-electron chi connectivity index (χ0n) is 9.10. The molecule has 0 amide bonds. The Bertz CT molecular complexity index is 397. The van der Waals surface area contributed by atoms with Crippen molar-refractivity contribution in [3.63, 3.8) is 0 Å². The minimum absolute atomic E-state index is 0.198. The van der Waals surface area contributed by atoms with E-state index in [-0.39, 0.29) is 11.5 Å². The molecule has 0 aliphatic heterocycles. The van der Waals surface area contributed by atoms with Crippen molar-refractivity contribution in [3.8, 4) is 0 Å². The maximum Gasteiger partial charge on any atom is 0.151 e. The summed E-state index contributed by atoms with van der Waals surface area (Å²) < 4.78 is 24.0. The van der Waals surface area contributed by atoms with E-state index in [0.29, 0.717) is 13.1 Å². The van der Waals surface area contributed by atoms with E-state index in [4.69, 9.17) is 0 Å². The van der Waals surface area contributed by atoms with Crippen molar-refractivity contribution in [2.75, 3.05) is 18.1 Å². The van der Waals surface area contributed by atoms with Crippen LogP contribution in [0.3, 0.4) is 0 Å². The van der Waals surface area contributed by atoms with Gasteiger partial charge in [-0.2, -0.15) is 5.10 Å². The fraction of sp³-hybridized carbons (Fsp3) is 0.667. The van der Waals surface area contributed by atoms with Crippen molar-refractivity contribution < 1.29 is 8.42 Å².